The highest BCUT2D eigenvalue weighted by Crippen LogP contribution is 2.32. The molecule has 0 aliphatic heterocycles. The highest BCUT2D eigenvalue weighted by Gasteiger charge is 2.29. The topological polar surface area (TPSA) is 55.5 Å². The molecule has 0 radical (unpaired) electrons. The summed E-state index contributed by atoms with van der Waals surface area (Å²) < 4.78 is 6.16. The van der Waals surface area contributed by atoms with E-state index < -0.39 is 0 Å². The first-order valence-electron chi connectivity index (χ1n) is 6.59. The van der Waals surface area contributed by atoms with Gasteiger partial charge in [0.05, 0.1) is 18.2 Å². The number of hydrogen-bond acceptors (Lipinski definition) is 3. The fourth-order valence-corrected chi connectivity index (χ4v) is 3.12. The van der Waals surface area contributed by atoms with Crippen LogP contribution in [-0.2, 0) is 6.42 Å². The lowest BCUT2D eigenvalue weighted by atomic mass is 9.76. The van der Waals surface area contributed by atoms with E-state index in [-0.39, 0.29) is 12.0 Å². The molecule has 19 heavy (non-hydrogen) atoms. The summed E-state index contributed by atoms with van der Waals surface area (Å²) in [7, 11) is 1.65. The maximum atomic E-state index is 9.74. The Balaban J connectivity index is 2.93. The minimum absolute atomic E-state index is 0.116. The van der Waals surface area contributed by atoms with Gasteiger partial charge in [-0.15, -0.1) is 0 Å². The molecule has 0 saturated heterocycles. The van der Waals surface area contributed by atoms with Crippen molar-refractivity contribution in [2.45, 2.75) is 26.7 Å². The fourth-order valence-electron chi connectivity index (χ4n) is 2.53. The summed E-state index contributed by atoms with van der Waals surface area (Å²) >= 11 is 3.49. The van der Waals surface area contributed by atoms with Crippen molar-refractivity contribution in [3.63, 3.8) is 0 Å². The predicted molar refractivity (Wildman–Crippen MR) is 82.4 cm³/mol. The van der Waals surface area contributed by atoms with Crippen LogP contribution < -0.4 is 10.5 Å². The van der Waals surface area contributed by atoms with Gasteiger partial charge in [-0.05, 0) is 52.4 Å². The van der Waals surface area contributed by atoms with E-state index in [0.29, 0.717) is 12.5 Å². The smallest absolute Gasteiger partial charge is 0.133 e. The van der Waals surface area contributed by atoms with Crippen LogP contribution in [0, 0.1) is 11.3 Å². The molecule has 1 atom stereocenters. The van der Waals surface area contributed by atoms with Crippen molar-refractivity contribution >= 4 is 15.9 Å². The summed E-state index contributed by atoms with van der Waals surface area (Å²) in [6.07, 6.45) is 1.70. The molecule has 0 bridgehead atoms. The van der Waals surface area contributed by atoms with E-state index in [1.54, 1.807) is 7.11 Å². The third kappa shape index (κ3) is 4.48. The third-order valence-electron chi connectivity index (χ3n) is 3.41. The van der Waals surface area contributed by atoms with Gasteiger partial charge in [0.1, 0.15) is 5.75 Å². The van der Waals surface area contributed by atoms with Crippen molar-refractivity contribution in [3.8, 4) is 5.75 Å². The summed E-state index contributed by atoms with van der Waals surface area (Å²) in [5.41, 5.74) is 6.84. The lowest BCUT2D eigenvalue weighted by Gasteiger charge is -2.32. The van der Waals surface area contributed by atoms with Gasteiger partial charge in [-0.25, -0.2) is 0 Å². The standard InChI is InChI=1S/C15H24BrNO2/c1-11(2)7-15(9-17,10-18)8-12-4-5-14(19-3)13(16)6-12/h4-6,11,18H,7-10,17H2,1-3H3. The van der Waals surface area contributed by atoms with Crippen LogP contribution in [0.25, 0.3) is 0 Å². The number of methoxy groups -OCH3 is 1. The molecular formula is C15H24BrNO2. The van der Waals surface area contributed by atoms with Crippen molar-refractivity contribution in [1.82, 2.24) is 0 Å². The molecule has 1 unspecified atom stereocenters. The molecule has 1 rings (SSSR count). The summed E-state index contributed by atoms with van der Waals surface area (Å²) in [6.45, 7) is 4.92. The molecule has 0 aromatic heterocycles. The van der Waals surface area contributed by atoms with Gasteiger partial charge in [-0.3, -0.25) is 0 Å². The zero-order valence-electron chi connectivity index (χ0n) is 11.9. The number of halogens is 1. The maximum Gasteiger partial charge on any atom is 0.133 e. The van der Waals surface area contributed by atoms with Crippen LogP contribution in [-0.4, -0.2) is 25.4 Å². The zero-order valence-corrected chi connectivity index (χ0v) is 13.5. The Hall–Kier alpha value is -0.580. The minimum atomic E-state index is -0.234. The van der Waals surface area contributed by atoms with E-state index in [2.05, 4.69) is 29.8 Å². The summed E-state index contributed by atoms with van der Waals surface area (Å²) in [5, 5.41) is 9.74. The zero-order chi connectivity index (χ0) is 14.5. The van der Waals surface area contributed by atoms with Gasteiger partial charge in [-0.1, -0.05) is 19.9 Å². The first kappa shape index (κ1) is 16.5. The third-order valence-corrected chi connectivity index (χ3v) is 4.02. The Bertz CT molecular complexity index is 403. The first-order valence-corrected chi connectivity index (χ1v) is 7.39. The molecule has 0 aliphatic carbocycles. The van der Waals surface area contributed by atoms with Crippen molar-refractivity contribution in [2.24, 2.45) is 17.1 Å². The Kier molecular flexibility index (Phi) is 6.30. The molecule has 108 valence electrons. The first-order chi connectivity index (χ1) is 8.96. The number of aliphatic hydroxyl groups excluding tert-OH is 1. The number of ether oxygens (including phenoxy) is 1. The van der Waals surface area contributed by atoms with E-state index in [9.17, 15) is 5.11 Å². The average molecular weight is 330 g/mol. The Labute approximate surface area is 124 Å². The van der Waals surface area contributed by atoms with Crippen LogP contribution >= 0.6 is 15.9 Å². The van der Waals surface area contributed by atoms with Crippen LogP contribution in [0.2, 0.25) is 0 Å². The van der Waals surface area contributed by atoms with E-state index in [1.807, 2.05) is 18.2 Å². The molecule has 1 aromatic rings. The molecule has 0 spiro atoms. The van der Waals surface area contributed by atoms with E-state index in [0.717, 1.165) is 28.6 Å². The van der Waals surface area contributed by atoms with Gasteiger partial charge < -0.3 is 15.6 Å². The molecule has 3 N–H and O–H groups in total. The second-order valence-corrected chi connectivity index (χ2v) is 6.46. The van der Waals surface area contributed by atoms with Gasteiger partial charge in [-0.2, -0.15) is 0 Å². The number of hydrogen-bond donors (Lipinski definition) is 2. The molecule has 0 amide bonds. The minimum Gasteiger partial charge on any atom is -0.496 e. The molecule has 4 heteroatoms. The Morgan fingerprint density at radius 3 is 2.53 bits per heavy atom. The monoisotopic (exact) mass is 329 g/mol. The highest BCUT2D eigenvalue weighted by molar-refractivity contribution is 9.10. The summed E-state index contributed by atoms with van der Waals surface area (Å²) in [5.74, 6) is 1.33. The number of rotatable bonds is 7. The van der Waals surface area contributed by atoms with Crippen LogP contribution in [0.1, 0.15) is 25.8 Å². The van der Waals surface area contributed by atoms with Gasteiger partial charge in [0.25, 0.3) is 0 Å². The quantitative estimate of drug-likeness (QED) is 0.808. The van der Waals surface area contributed by atoms with E-state index in [4.69, 9.17) is 10.5 Å². The number of aliphatic hydroxyl groups is 1. The second kappa shape index (κ2) is 7.27. The van der Waals surface area contributed by atoms with Crippen LogP contribution in [0.3, 0.4) is 0 Å². The maximum absolute atomic E-state index is 9.74. The molecule has 1 aromatic carbocycles. The molecule has 0 aliphatic rings. The van der Waals surface area contributed by atoms with Crippen LogP contribution in [0.15, 0.2) is 22.7 Å². The number of benzene rings is 1. The molecule has 0 fully saturated rings. The largest absolute Gasteiger partial charge is 0.496 e. The molecule has 3 nitrogen and oxygen atoms in total. The average Bonchev–Trinajstić information content (AvgIpc) is 2.37. The van der Waals surface area contributed by atoms with Crippen molar-refractivity contribution in [1.29, 1.82) is 0 Å². The predicted octanol–water partition coefficient (Wildman–Crippen LogP) is 2.98. The van der Waals surface area contributed by atoms with Gasteiger partial charge >= 0.3 is 0 Å². The second-order valence-electron chi connectivity index (χ2n) is 5.61. The highest BCUT2D eigenvalue weighted by atomic mass is 79.9. The Morgan fingerprint density at radius 1 is 1.42 bits per heavy atom. The van der Waals surface area contributed by atoms with E-state index >= 15 is 0 Å². The molecule has 0 saturated carbocycles. The Morgan fingerprint density at radius 2 is 2.11 bits per heavy atom. The fraction of sp³-hybridized carbons (Fsp3) is 0.600. The summed E-state index contributed by atoms with van der Waals surface area (Å²) in [6, 6.07) is 6.01. The van der Waals surface area contributed by atoms with E-state index in [1.165, 1.54) is 0 Å². The van der Waals surface area contributed by atoms with Crippen LogP contribution in [0.5, 0.6) is 5.75 Å². The lowest BCUT2D eigenvalue weighted by Crippen LogP contribution is -2.37. The van der Waals surface area contributed by atoms with Crippen molar-refractivity contribution in [3.05, 3.63) is 28.2 Å². The summed E-state index contributed by atoms with van der Waals surface area (Å²) in [4.78, 5) is 0. The SMILES string of the molecule is COc1ccc(CC(CN)(CO)CC(C)C)cc1Br. The van der Waals surface area contributed by atoms with Gasteiger partial charge in [0.15, 0.2) is 0 Å². The lowest BCUT2D eigenvalue weighted by molar-refractivity contribution is 0.108. The van der Waals surface area contributed by atoms with Gasteiger partial charge in [0.2, 0.25) is 0 Å². The van der Waals surface area contributed by atoms with Crippen molar-refractivity contribution < 1.29 is 9.84 Å². The van der Waals surface area contributed by atoms with Crippen LogP contribution in [0.4, 0.5) is 0 Å². The molecular weight excluding hydrogens is 306 g/mol. The number of nitrogens with two attached hydrogens (primary N) is 1. The molecule has 0 heterocycles. The van der Waals surface area contributed by atoms with Crippen molar-refractivity contribution in [2.75, 3.05) is 20.3 Å². The normalized spacial score (nSPS) is 14.5. The van der Waals surface area contributed by atoms with Gasteiger partial charge in [0, 0.05) is 12.0 Å².